The zero-order chi connectivity index (χ0) is 4.28. The van der Waals surface area contributed by atoms with Crippen LogP contribution in [0.2, 0.25) is 6.82 Å². The number of hydrogen-bond acceptors (Lipinski definition) is 0. The van der Waals surface area contributed by atoms with Gasteiger partial charge in [0.25, 0.3) is 0 Å². The van der Waals surface area contributed by atoms with Gasteiger partial charge in [0, 0.05) is 0 Å². The first kappa shape index (κ1) is 5.90. The van der Waals surface area contributed by atoms with Crippen LogP contribution >= 0.6 is 22.3 Å². The van der Waals surface area contributed by atoms with E-state index in [0.717, 1.165) is 0 Å². The van der Waals surface area contributed by atoms with Crippen molar-refractivity contribution in [1.82, 2.24) is 0 Å². The summed E-state index contributed by atoms with van der Waals surface area (Å²) in [6, 6.07) is 0. The molecule has 0 saturated carbocycles. The van der Waals surface area contributed by atoms with E-state index in [4.69, 9.17) is 0 Å². The van der Waals surface area contributed by atoms with E-state index < -0.39 is 6.81 Å². The molecule has 5 heavy (non-hydrogen) atoms. The largest absolute Gasteiger partial charge is 0.226 e. The van der Waals surface area contributed by atoms with Crippen LogP contribution in [0.25, 0.3) is 0 Å². The fourth-order valence-electron chi connectivity index (χ4n) is 0. The van der Waals surface area contributed by atoms with Gasteiger partial charge in [-0.2, -0.15) is 0 Å². The molecule has 0 heterocycles. The van der Waals surface area contributed by atoms with Gasteiger partial charge in [0.15, 0.2) is 0 Å². The van der Waals surface area contributed by atoms with Crippen molar-refractivity contribution in [3.8, 4) is 0 Å². The fraction of sp³-hybridized carbons (Fsp3) is 1.00. The smallest absolute Gasteiger partial charge is 0.205 e. The standard InChI is InChI=1S/CH4BBrFP/c1-2-5(3)4/h2H,1H3. The molecule has 0 aliphatic rings. The Morgan fingerprint density at radius 2 is 2.20 bits per heavy atom. The maximum absolute atomic E-state index is 11.4. The minimum absolute atomic E-state index is 0.620. The van der Waals surface area contributed by atoms with Crippen molar-refractivity contribution >= 4 is 29.3 Å². The molecule has 1 unspecified atom stereocenters. The summed E-state index contributed by atoms with van der Waals surface area (Å²) in [5.74, 6) is 0. The summed E-state index contributed by atoms with van der Waals surface area (Å²) in [6.45, 7) is 1.14. The third-order valence-electron chi connectivity index (χ3n) is 0.239. The summed E-state index contributed by atoms with van der Waals surface area (Å²) >= 11 is 2.77. The van der Waals surface area contributed by atoms with Crippen molar-refractivity contribution in [2.24, 2.45) is 0 Å². The van der Waals surface area contributed by atoms with Gasteiger partial charge in [-0.05, 0) is 15.5 Å². The molecule has 0 aliphatic heterocycles. The van der Waals surface area contributed by atoms with Gasteiger partial charge in [0.1, 0.15) is 6.81 Å². The molecule has 0 fully saturated rings. The van der Waals surface area contributed by atoms with Gasteiger partial charge in [-0.3, -0.25) is 0 Å². The SMILES string of the molecule is CBP(F)Br. The number of rotatable bonds is 1. The third kappa shape index (κ3) is 4.90. The van der Waals surface area contributed by atoms with E-state index in [1.807, 2.05) is 0 Å². The van der Waals surface area contributed by atoms with Crippen LogP contribution in [0.5, 0.6) is 0 Å². The predicted molar refractivity (Wildman–Crippen MR) is 30.0 cm³/mol. The van der Waals surface area contributed by atoms with Crippen molar-refractivity contribution < 1.29 is 4.20 Å². The normalized spacial score (nSPS) is 14.2. The maximum atomic E-state index is 11.4. The Kier molecular flexibility index (Phi) is 3.67. The summed E-state index contributed by atoms with van der Waals surface area (Å²) in [6.07, 6.45) is 0. The minimum atomic E-state index is -1.29. The van der Waals surface area contributed by atoms with Crippen LogP contribution in [-0.2, 0) is 0 Å². The highest BCUT2D eigenvalue weighted by Crippen LogP contribution is 2.42. The van der Waals surface area contributed by atoms with Gasteiger partial charge in [-0.25, -0.2) is 4.20 Å². The first-order valence-corrected chi connectivity index (χ1v) is 4.80. The van der Waals surface area contributed by atoms with E-state index in [-0.39, 0.29) is 0 Å². The molecule has 1 atom stereocenters. The molecule has 0 aromatic rings. The molecule has 0 N–H and O–H groups in total. The molecule has 0 aromatic heterocycles. The summed E-state index contributed by atoms with van der Waals surface area (Å²) in [7, 11) is 0. The molecular formula is CH4BBrFP. The molecule has 0 aromatic carbocycles. The van der Waals surface area contributed by atoms with Crippen LogP contribution in [0, 0.1) is 0 Å². The summed E-state index contributed by atoms with van der Waals surface area (Å²) < 4.78 is 11.4. The van der Waals surface area contributed by atoms with Crippen molar-refractivity contribution in [3.63, 3.8) is 0 Å². The Morgan fingerprint density at radius 1 is 2.00 bits per heavy atom. The lowest BCUT2D eigenvalue weighted by molar-refractivity contribution is 0.930. The average Bonchev–Trinajstić information content (AvgIpc) is 1.38. The van der Waals surface area contributed by atoms with E-state index >= 15 is 0 Å². The van der Waals surface area contributed by atoms with Crippen LogP contribution in [0.15, 0.2) is 0 Å². The van der Waals surface area contributed by atoms with Gasteiger partial charge in [-0.15, -0.1) is 0 Å². The molecule has 0 spiro atoms. The van der Waals surface area contributed by atoms with Crippen molar-refractivity contribution in [1.29, 1.82) is 0 Å². The highest BCUT2D eigenvalue weighted by Gasteiger charge is 1.91. The van der Waals surface area contributed by atoms with Crippen molar-refractivity contribution in [2.45, 2.75) is 6.82 Å². The Bertz CT molecular complexity index is 25.6. The van der Waals surface area contributed by atoms with Gasteiger partial charge < -0.3 is 0 Å². The number of hydrogen-bond donors (Lipinski definition) is 0. The summed E-state index contributed by atoms with van der Waals surface area (Å²) in [4.78, 5) is 0. The molecule has 0 radical (unpaired) electrons. The minimum Gasteiger partial charge on any atom is -0.226 e. The van der Waals surface area contributed by atoms with Gasteiger partial charge in [0.05, 0.1) is 0 Å². The predicted octanol–water partition coefficient (Wildman–Crippen LogP) is 2.06. The quantitative estimate of drug-likeness (QED) is 0.403. The molecule has 0 nitrogen and oxygen atoms in total. The second-order valence-electron chi connectivity index (χ2n) is 0.619. The average molecular weight is 157 g/mol. The van der Waals surface area contributed by atoms with Crippen molar-refractivity contribution in [3.05, 3.63) is 0 Å². The van der Waals surface area contributed by atoms with E-state index in [9.17, 15) is 4.20 Å². The third-order valence-corrected chi connectivity index (χ3v) is 2.22. The lowest BCUT2D eigenvalue weighted by Gasteiger charge is -1.80. The first-order chi connectivity index (χ1) is 2.27. The van der Waals surface area contributed by atoms with Crippen molar-refractivity contribution in [2.75, 3.05) is 0 Å². The fourth-order valence-corrected chi connectivity index (χ4v) is 0. The zero-order valence-corrected chi connectivity index (χ0v) is 5.39. The van der Waals surface area contributed by atoms with Crippen LogP contribution in [0.4, 0.5) is 4.20 Å². The van der Waals surface area contributed by atoms with E-state index in [1.165, 1.54) is 0 Å². The highest BCUT2D eigenvalue weighted by molar-refractivity contribution is 9.41. The molecule has 30 valence electrons. The Labute approximate surface area is 41.0 Å². The van der Waals surface area contributed by atoms with Gasteiger partial charge >= 0.3 is 0 Å². The summed E-state index contributed by atoms with van der Waals surface area (Å²) in [5.41, 5.74) is 0. The Balaban J connectivity index is 2.54. The molecule has 0 aliphatic carbocycles. The van der Waals surface area contributed by atoms with E-state index in [1.54, 1.807) is 6.82 Å². The lowest BCUT2D eigenvalue weighted by atomic mass is 10.2. The Hall–Kier alpha value is 0.905. The van der Waals surface area contributed by atoms with Crippen LogP contribution in [-0.4, -0.2) is 7.00 Å². The zero-order valence-electron chi connectivity index (χ0n) is 2.91. The topological polar surface area (TPSA) is 0 Å². The van der Waals surface area contributed by atoms with Crippen LogP contribution in [0.3, 0.4) is 0 Å². The monoisotopic (exact) mass is 156 g/mol. The van der Waals surface area contributed by atoms with E-state index in [0.29, 0.717) is 7.00 Å². The maximum Gasteiger partial charge on any atom is 0.205 e. The van der Waals surface area contributed by atoms with Gasteiger partial charge in [0.2, 0.25) is 7.00 Å². The van der Waals surface area contributed by atoms with E-state index in [2.05, 4.69) is 15.5 Å². The molecule has 0 amide bonds. The summed E-state index contributed by atoms with van der Waals surface area (Å²) in [5, 5.41) is 0. The highest BCUT2D eigenvalue weighted by atomic mass is 79.9. The molecule has 0 rings (SSSR count). The lowest BCUT2D eigenvalue weighted by Crippen LogP contribution is -1.59. The first-order valence-electron chi connectivity index (χ1n) is 1.36. The molecule has 0 saturated heterocycles. The molecule has 0 bridgehead atoms. The molecular weight excluding hydrogens is 153 g/mol. The molecule has 4 heteroatoms. The van der Waals surface area contributed by atoms with Crippen LogP contribution in [0.1, 0.15) is 0 Å². The van der Waals surface area contributed by atoms with Crippen LogP contribution < -0.4 is 0 Å². The second-order valence-corrected chi connectivity index (χ2v) is 4.17. The Morgan fingerprint density at radius 3 is 2.20 bits per heavy atom. The van der Waals surface area contributed by atoms with Gasteiger partial charge in [-0.1, -0.05) is 6.82 Å². The number of halogens is 2. The second kappa shape index (κ2) is 3.11.